The van der Waals surface area contributed by atoms with Gasteiger partial charge < -0.3 is 0 Å². The molecular formula is C16H17NOS. The summed E-state index contributed by atoms with van der Waals surface area (Å²) in [5.41, 5.74) is 0.823. The largest absolute Gasteiger partial charge is 0.292 e. The van der Waals surface area contributed by atoms with Crippen LogP contribution in [0.2, 0.25) is 0 Å². The van der Waals surface area contributed by atoms with Gasteiger partial charge in [-0.05, 0) is 23.6 Å². The van der Waals surface area contributed by atoms with E-state index in [0.717, 1.165) is 42.1 Å². The summed E-state index contributed by atoms with van der Waals surface area (Å²) in [6, 6.07) is 13.9. The Balaban J connectivity index is 2.01. The van der Waals surface area contributed by atoms with E-state index >= 15 is 0 Å². The van der Waals surface area contributed by atoms with Gasteiger partial charge in [0.15, 0.2) is 5.78 Å². The molecule has 0 saturated carbocycles. The van der Waals surface area contributed by atoms with Gasteiger partial charge in [0.05, 0.1) is 6.04 Å². The number of carbonyl (C=O) groups is 1. The SMILES string of the molecule is O=C(c1cccc2ccccc12)C1CCCCN1S. The lowest BCUT2D eigenvalue weighted by atomic mass is 9.93. The van der Waals surface area contributed by atoms with E-state index in [-0.39, 0.29) is 11.8 Å². The quantitative estimate of drug-likeness (QED) is 0.663. The standard InChI is InChI=1S/C16H17NOS/c18-16(15-10-3-4-11-17(15)19)14-9-5-7-12-6-1-2-8-13(12)14/h1-2,5-9,15,19H,3-4,10-11H2. The Bertz CT molecular complexity index is 605. The van der Waals surface area contributed by atoms with Crippen LogP contribution in [0.3, 0.4) is 0 Å². The van der Waals surface area contributed by atoms with Crippen LogP contribution in [-0.4, -0.2) is 22.7 Å². The zero-order valence-corrected chi connectivity index (χ0v) is 11.6. The first-order chi connectivity index (χ1) is 9.27. The molecule has 0 amide bonds. The highest BCUT2D eigenvalue weighted by molar-refractivity contribution is 7.77. The van der Waals surface area contributed by atoms with Crippen molar-refractivity contribution in [2.45, 2.75) is 25.3 Å². The third-order valence-electron chi connectivity index (χ3n) is 3.83. The van der Waals surface area contributed by atoms with Crippen LogP contribution in [0.4, 0.5) is 0 Å². The number of rotatable bonds is 2. The van der Waals surface area contributed by atoms with Crippen molar-refractivity contribution in [1.82, 2.24) is 4.31 Å². The van der Waals surface area contributed by atoms with Gasteiger partial charge in [0, 0.05) is 12.1 Å². The van der Waals surface area contributed by atoms with Crippen LogP contribution in [0, 0.1) is 0 Å². The molecule has 19 heavy (non-hydrogen) atoms. The topological polar surface area (TPSA) is 20.3 Å². The van der Waals surface area contributed by atoms with E-state index < -0.39 is 0 Å². The number of thiol groups is 1. The van der Waals surface area contributed by atoms with E-state index in [1.807, 2.05) is 46.8 Å². The minimum absolute atomic E-state index is 0.0807. The first-order valence-electron chi connectivity index (χ1n) is 6.75. The Morgan fingerprint density at radius 3 is 2.74 bits per heavy atom. The summed E-state index contributed by atoms with van der Waals surface area (Å²) in [6.45, 7) is 0.893. The minimum atomic E-state index is -0.0807. The van der Waals surface area contributed by atoms with Gasteiger partial charge in [0.2, 0.25) is 0 Å². The smallest absolute Gasteiger partial charge is 0.181 e. The minimum Gasteiger partial charge on any atom is -0.292 e. The van der Waals surface area contributed by atoms with Crippen LogP contribution >= 0.6 is 12.8 Å². The Hall–Kier alpha value is -1.32. The van der Waals surface area contributed by atoms with Gasteiger partial charge in [-0.2, -0.15) is 0 Å². The molecule has 0 bridgehead atoms. The third kappa shape index (κ3) is 2.40. The lowest BCUT2D eigenvalue weighted by Gasteiger charge is -2.30. The molecule has 1 fully saturated rings. The number of ketones is 1. The Morgan fingerprint density at radius 2 is 1.89 bits per heavy atom. The van der Waals surface area contributed by atoms with Crippen molar-refractivity contribution in [3.05, 3.63) is 48.0 Å². The van der Waals surface area contributed by atoms with E-state index in [1.165, 1.54) is 0 Å². The first-order valence-corrected chi connectivity index (χ1v) is 7.15. The molecule has 1 heterocycles. The number of nitrogens with zero attached hydrogens (tertiary/aromatic N) is 1. The van der Waals surface area contributed by atoms with Crippen molar-refractivity contribution >= 4 is 29.4 Å². The zero-order valence-electron chi connectivity index (χ0n) is 10.7. The highest BCUT2D eigenvalue weighted by atomic mass is 32.1. The maximum atomic E-state index is 12.7. The van der Waals surface area contributed by atoms with Crippen LogP contribution in [0.15, 0.2) is 42.5 Å². The van der Waals surface area contributed by atoms with Crippen LogP contribution in [0.1, 0.15) is 29.6 Å². The molecule has 0 aromatic heterocycles. The van der Waals surface area contributed by atoms with E-state index in [1.54, 1.807) is 0 Å². The normalized spacial score (nSPS) is 20.6. The molecular weight excluding hydrogens is 254 g/mol. The lowest BCUT2D eigenvalue weighted by molar-refractivity contribution is 0.0876. The van der Waals surface area contributed by atoms with Crippen molar-refractivity contribution in [2.75, 3.05) is 6.54 Å². The van der Waals surface area contributed by atoms with Crippen LogP contribution in [0.5, 0.6) is 0 Å². The summed E-state index contributed by atoms with van der Waals surface area (Å²) in [5, 5.41) is 2.16. The Labute approximate surface area is 119 Å². The zero-order chi connectivity index (χ0) is 13.2. The molecule has 1 unspecified atom stereocenters. The van der Waals surface area contributed by atoms with E-state index in [9.17, 15) is 4.79 Å². The van der Waals surface area contributed by atoms with Gasteiger partial charge in [-0.1, -0.05) is 61.7 Å². The number of benzene rings is 2. The summed E-state index contributed by atoms with van der Waals surface area (Å²) in [5.74, 6) is 0.200. The molecule has 0 aliphatic carbocycles. The number of Topliss-reactive ketones (excluding diaryl/α,β-unsaturated/α-hetero) is 1. The van der Waals surface area contributed by atoms with Crippen LogP contribution in [0.25, 0.3) is 10.8 Å². The molecule has 0 radical (unpaired) electrons. The van der Waals surface area contributed by atoms with Crippen molar-refractivity contribution in [3.8, 4) is 0 Å². The van der Waals surface area contributed by atoms with Crippen molar-refractivity contribution in [1.29, 1.82) is 0 Å². The second-order valence-electron chi connectivity index (χ2n) is 5.07. The molecule has 98 valence electrons. The molecule has 2 aromatic carbocycles. The van der Waals surface area contributed by atoms with Crippen molar-refractivity contribution in [3.63, 3.8) is 0 Å². The second-order valence-corrected chi connectivity index (χ2v) is 5.58. The third-order valence-corrected chi connectivity index (χ3v) is 4.31. The summed E-state index contributed by atoms with van der Waals surface area (Å²) < 4.78 is 1.90. The van der Waals surface area contributed by atoms with Crippen molar-refractivity contribution < 1.29 is 4.79 Å². The maximum Gasteiger partial charge on any atom is 0.181 e. The highest BCUT2D eigenvalue weighted by Gasteiger charge is 2.28. The Morgan fingerprint density at radius 1 is 1.11 bits per heavy atom. The molecule has 0 spiro atoms. The number of hydrogen-bond donors (Lipinski definition) is 1. The van der Waals surface area contributed by atoms with E-state index in [4.69, 9.17) is 0 Å². The average Bonchev–Trinajstić information content (AvgIpc) is 2.46. The molecule has 1 aliphatic heterocycles. The Kier molecular flexibility index (Phi) is 3.58. The van der Waals surface area contributed by atoms with Crippen LogP contribution < -0.4 is 0 Å². The fourth-order valence-electron chi connectivity index (χ4n) is 2.80. The van der Waals surface area contributed by atoms with Gasteiger partial charge in [0.25, 0.3) is 0 Å². The van der Waals surface area contributed by atoms with Crippen LogP contribution in [-0.2, 0) is 0 Å². The summed E-state index contributed by atoms with van der Waals surface area (Å²) in [6.07, 6.45) is 3.15. The predicted molar refractivity (Wildman–Crippen MR) is 81.6 cm³/mol. The predicted octanol–water partition coefficient (Wildman–Crippen LogP) is 3.72. The van der Waals surface area contributed by atoms with Gasteiger partial charge in [-0.3, -0.25) is 4.79 Å². The molecule has 0 N–H and O–H groups in total. The summed E-state index contributed by atoms with van der Waals surface area (Å²) in [4.78, 5) is 12.7. The lowest BCUT2D eigenvalue weighted by Crippen LogP contribution is -2.38. The van der Waals surface area contributed by atoms with Gasteiger partial charge in [0.1, 0.15) is 0 Å². The second kappa shape index (κ2) is 5.35. The molecule has 1 saturated heterocycles. The number of fused-ring (bicyclic) bond motifs is 1. The number of carbonyl (C=O) groups excluding carboxylic acids is 1. The summed E-state index contributed by atoms with van der Waals surface area (Å²) in [7, 11) is 0. The van der Waals surface area contributed by atoms with Gasteiger partial charge in [-0.25, -0.2) is 4.31 Å². The maximum absolute atomic E-state index is 12.7. The van der Waals surface area contributed by atoms with E-state index in [0.29, 0.717) is 0 Å². The number of hydrogen-bond acceptors (Lipinski definition) is 3. The van der Waals surface area contributed by atoms with Crippen molar-refractivity contribution in [2.24, 2.45) is 0 Å². The molecule has 1 atom stereocenters. The first kappa shape index (κ1) is 12.7. The fourth-order valence-corrected chi connectivity index (χ4v) is 3.16. The summed E-state index contributed by atoms with van der Waals surface area (Å²) >= 11 is 4.45. The molecule has 3 rings (SSSR count). The monoisotopic (exact) mass is 271 g/mol. The fraction of sp³-hybridized carbons (Fsp3) is 0.312. The highest BCUT2D eigenvalue weighted by Crippen LogP contribution is 2.26. The molecule has 2 aromatic rings. The molecule has 1 aliphatic rings. The average molecular weight is 271 g/mol. The van der Waals surface area contributed by atoms with Gasteiger partial charge in [-0.15, -0.1) is 0 Å². The molecule has 3 heteroatoms. The molecule has 2 nitrogen and oxygen atoms in total. The van der Waals surface area contributed by atoms with E-state index in [2.05, 4.69) is 12.8 Å². The van der Waals surface area contributed by atoms with Gasteiger partial charge >= 0.3 is 0 Å². The number of piperidine rings is 1.